The minimum Gasteiger partial charge on any atom is -0.425 e. The topological polar surface area (TPSA) is 46.2 Å². The summed E-state index contributed by atoms with van der Waals surface area (Å²) >= 11 is 0. The Morgan fingerprint density at radius 3 is 1.41 bits per heavy atom. The van der Waals surface area contributed by atoms with Gasteiger partial charge in [-0.05, 0) is 10.4 Å². The van der Waals surface area contributed by atoms with Crippen molar-refractivity contribution in [3.63, 3.8) is 0 Å². The van der Waals surface area contributed by atoms with Gasteiger partial charge in [0.2, 0.25) is 0 Å². The maximum absolute atomic E-state index is 6.34. The van der Waals surface area contributed by atoms with Crippen LogP contribution in [0.1, 0.15) is 0 Å². The fraction of sp³-hybridized carbons (Fsp3) is 0. The second-order valence-corrected chi connectivity index (χ2v) is 15.3. The second kappa shape index (κ2) is 8.25. The van der Waals surface area contributed by atoms with Gasteiger partial charge in [0.1, 0.15) is 0 Å². The van der Waals surface area contributed by atoms with Gasteiger partial charge in [0.15, 0.2) is 0 Å². The van der Waals surface area contributed by atoms with E-state index in [1.807, 2.05) is 36.4 Å². The van der Waals surface area contributed by atoms with Crippen LogP contribution in [0.5, 0.6) is 0 Å². The molecule has 0 aliphatic carbocycles. The van der Waals surface area contributed by atoms with E-state index in [4.69, 9.17) is 20.6 Å². The Kier molecular flexibility index (Phi) is 6.07. The zero-order valence-electron chi connectivity index (χ0n) is 12.1. The molecule has 1 saturated heterocycles. The molecular weight excluding hydrogens is 365 g/mol. The van der Waals surface area contributed by atoms with Crippen molar-refractivity contribution < 1.29 is 20.6 Å². The molecule has 1 aliphatic heterocycles. The van der Waals surface area contributed by atoms with E-state index < -0.39 is 48.6 Å². The van der Waals surface area contributed by atoms with Crippen LogP contribution in [0, 0.1) is 0 Å². The Balaban J connectivity index is 2.00. The predicted molar refractivity (Wildman–Crippen MR) is 97.5 cm³/mol. The van der Waals surface area contributed by atoms with Crippen molar-refractivity contribution in [2.24, 2.45) is 0 Å². The summed E-state index contributed by atoms with van der Waals surface area (Å²) in [6.45, 7) is 0. The number of rotatable bonds is 2. The van der Waals surface area contributed by atoms with Crippen LogP contribution in [0.3, 0.4) is 0 Å². The number of hydrogen-bond acceptors (Lipinski definition) is 5. The van der Waals surface area contributed by atoms with Crippen molar-refractivity contribution in [3.05, 3.63) is 60.7 Å². The van der Waals surface area contributed by atoms with Gasteiger partial charge in [0.05, 0.1) is 0 Å². The lowest BCUT2D eigenvalue weighted by atomic mass is 10.4. The fourth-order valence-electron chi connectivity index (χ4n) is 2.33. The molecule has 0 N–H and O–H groups in total. The summed E-state index contributed by atoms with van der Waals surface area (Å²) in [5, 5.41) is 2.22. The molecule has 1 heterocycles. The van der Waals surface area contributed by atoms with Crippen LogP contribution < -0.4 is 10.4 Å². The normalized spacial score (nSPS) is 23.8. The van der Waals surface area contributed by atoms with Gasteiger partial charge in [0, 0.05) is 0 Å². The van der Waals surface area contributed by atoms with Crippen LogP contribution in [0.4, 0.5) is 0 Å². The monoisotopic (exact) mass is 382 g/mol. The van der Waals surface area contributed by atoms with Crippen molar-refractivity contribution >= 4 is 59.0 Å². The molecule has 0 amide bonds. The van der Waals surface area contributed by atoms with E-state index in [-0.39, 0.29) is 0 Å². The first kappa shape index (κ1) is 16.2. The Labute approximate surface area is 140 Å². The largest absolute Gasteiger partial charge is 0.425 e. The van der Waals surface area contributed by atoms with E-state index >= 15 is 0 Å². The number of hydrogen-bond donors (Lipinski definition) is 0. The summed E-state index contributed by atoms with van der Waals surface area (Å²) in [4.78, 5) is 0. The molecule has 0 spiro atoms. The molecule has 1 aliphatic rings. The molecule has 0 atom stereocenters. The zero-order valence-corrected chi connectivity index (χ0v) is 18.8. The smallest absolute Gasteiger partial charge is 0.388 e. The SMILES string of the molecule is c1ccc([Si]2(c3ccccc3)O[SiH2]O[SiH2]O[SiH2]O[SiH2]O2)cc1. The highest BCUT2D eigenvalue weighted by molar-refractivity contribution is 6.96. The minimum atomic E-state index is -2.71. The van der Waals surface area contributed by atoms with Gasteiger partial charge in [-0.3, -0.25) is 0 Å². The summed E-state index contributed by atoms with van der Waals surface area (Å²) in [5.41, 5.74) is 0. The van der Waals surface area contributed by atoms with Gasteiger partial charge >= 0.3 is 8.56 Å². The number of benzene rings is 2. The van der Waals surface area contributed by atoms with Gasteiger partial charge < -0.3 is 20.6 Å². The third-order valence-corrected chi connectivity index (χ3v) is 13.7. The molecule has 0 bridgehead atoms. The van der Waals surface area contributed by atoms with Crippen molar-refractivity contribution in [1.29, 1.82) is 0 Å². The molecule has 3 rings (SSSR count). The second-order valence-electron chi connectivity index (χ2n) is 4.72. The van der Waals surface area contributed by atoms with Gasteiger partial charge in [-0.25, -0.2) is 0 Å². The first-order valence-corrected chi connectivity index (χ1v) is 13.5. The van der Waals surface area contributed by atoms with Gasteiger partial charge in [-0.1, -0.05) is 60.7 Å². The van der Waals surface area contributed by atoms with Crippen LogP contribution >= 0.6 is 0 Å². The molecule has 0 aromatic heterocycles. The van der Waals surface area contributed by atoms with Gasteiger partial charge in [-0.2, -0.15) is 0 Å². The Morgan fingerprint density at radius 2 is 0.955 bits per heavy atom. The molecule has 0 unspecified atom stereocenters. The lowest BCUT2D eigenvalue weighted by Crippen LogP contribution is -2.65. The standard InChI is InChI=1S/C12H18O5Si5/c1-3-7-11(8-4-1)22(12-9-5-2-6-10-12)16-20-14-18-13-19-15-21-17-22/h1-10H,18-21H2. The van der Waals surface area contributed by atoms with E-state index in [1.54, 1.807) is 0 Å². The van der Waals surface area contributed by atoms with Crippen molar-refractivity contribution in [3.8, 4) is 0 Å². The highest BCUT2D eigenvalue weighted by Crippen LogP contribution is 2.09. The lowest BCUT2D eigenvalue weighted by Gasteiger charge is -2.32. The summed E-state index contributed by atoms with van der Waals surface area (Å²) in [6.07, 6.45) is 0. The molecule has 2 aromatic rings. The predicted octanol–water partition coefficient (Wildman–Crippen LogP) is -2.67. The van der Waals surface area contributed by atoms with E-state index in [0.717, 1.165) is 10.4 Å². The van der Waals surface area contributed by atoms with E-state index in [1.165, 1.54) is 0 Å². The lowest BCUT2D eigenvalue weighted by molar-refractivity contribution is 0.329. The van der Waals surface area contributed by atoms with Gasteiger partial charge in [-0.15, -0.1) is 0 Å². The van der Waals surface area contributed by atoms with Crippen LogP contribution in [0.2, 0.25) is 0 Å². The summed E-state index contributed by atoms with van der Waals surface area (Å²) in [5.74, 6) is 0. The maximum atomic E-state index is 6.34. The average molecular weight is 383 g/mol. The van der Waals surface area contributed by atoms with Crippen LogP contribution in [-0.2, 0) is 20.6 Å². The summed E-state index contributed by atoms with van der Waals surface area (Å²) < 4.78 is 29.5. The van der Waals surface area contributed by atoms with Crippen molar-refractivity contribution in [2.75, 3.05) is 0 Å². The molecule has 1 fully saturated rings. The summed E-state index contributed by atoms with van der Waals surface area (Å²) in [7, 11) is -6.80. The average Bonchev–Trinajstić information content (AvgIpc) is 2.61. The molecule has 116 valence electrons. The van der Waals surface area contributed by atoms with Crippen LogP contribution in [0.15, 0.2) is 60.7 Å². The quantitative estimate of drug-likeness (QED) is 0.531. The molecule has 5 nitrogen and oxygen atoms in total. The zero-order chi connectivity index (χ0) is 15.1. The fourth-order valence-corrected chi connectivity index (χ4v) is 15.0. The van der Waals surface area contributed by atoms with E-state index in [0.29, 0.717) is 0 Å². The Bertz CT molecular complexity index is 521. The summed E-state index contributed by atoms with van der Waals surface area (Å²) in [6, 6.07) is 20.4. The van der Waals surface area contributed by atoms with E-state index in [9.17, 15) is 0 Å². The maximum Gasteiger partial charge on any atom is 0.388 e. The third-order valence-electron chi connectivity index (χ3n) is 3.33. The Morgan fingerprint density at radius 1 is 0.545 bits per heavy atom. The van der Waals surface area contributed by atoms with Crippen LogP contribution in [0.25, 0.3) is 0 Å². The first-order valence-electron chi connectivity index (χ1n) is 7.04. The van der Waals surface area contributed by atoms with Crippen LogP contribution in [-0.4, -0.2) is 48.6 Å². The molecule has 10 heteroatoms. The molecule has 22 heavy (non-hydrogen) atoms. The molecule has 0 radical (unpaired) electrons. The van der Waals surface area contributed by atoms with Crippen molar-refractivity contribution in [1.82, 2.24) is 0 Å². The van der Waals surface area contributed by atoms with E-state index in [2.05, 4.69) is 24.3 Å². The highest BCUT2D eigenvalue weighted by Gasteiger charge is 2.42. The third kappa shape index (κ3) is 3.80. The molecule has 2 aromatic carbocycles. The van der Waals surface area contributed by atoms with Crippen molar-refractivity contribution in [2.45, 2.75) is 0 Å². The molecule has 0 saturated carbocycles. The minimum absolute atomic E-state index is 0.932. The first-order chi connectivity index (χ1) is 10.9. The Hall–Kier alpha value is -0.676. The molecular formula is C12H18O5Si5. The van der Waals surface area contributed by atoms with Gasteiger partial charge in [0.25, 0.3) is 40.0 Å². The highest BCUT2D eigenvalue weighted by atomic mass is 28.5.